The zero-order valence-electron chi connectivity index (χ0n) is 13.0. The lowest BCUT2D eigenvalue weighted by molar-refractivity contribution is 0.142. The van der Waals surface area contributed by atoms with Gasteiger partial charge < -0.3 is 19.4 Å². The third-order valence-corrected chi connectivity index (χ3v) is 3.42. The topological polar surface area (TPSA) is 63.4 Å². The first-order valence-electron chi connectivity index (χ1n) is 7.29. The Labute approximate surface area is 120 Å². The van der Waals surface area contributed by atoms with Gasteiger partial charge in [0.25, 0.3) is 0 Å². The predicted octanol–water partition coefficient (Wildman–Crippen LogP) is 1.82. The molecule has 0 radical (unpaired) electrons. The molecule has 0 bridgehead atoms. The van der Waals surface area contributed by atoms with Gasteiger partial charge in [-0.2, -0.15) is 0 Å². The maximum atomic E-state index is 5.75. The molecule has 1 atom stereocenters. The van der Waals surface area contributed by atoms with Crippen LogP contribution in [-0.2, 0) is 11.3 Å². The Morgan fingerprint density at radius 2 is 2.20 bits per heavy atom. The van der Waals surface area contributed by atoms with Gasteiger partial charge in [0.05, 0.1) is 13.2 Å². The van der Waals surface area contributed by atoms with Crippen LogP contribution in [0.1, 0.15) is 39.5 Å². The Morgan fingerprint density at radius 1 is 1.40 bits per heavy atom. The summed E-state index contributed by atoms with van der Waals surface area (Å²) in [6.07, 6.45) is 2.35. The number of aromatic nitrogens is 2. The molecule has 1 aliphatic heterocycles. The molecule has 1 N–H and O–H groups in total. The normalized spacial score (nSPS) is 20.4. The van der Waals surface area contributed by atoms with Gasteiger partial charge in [-0.15, -0.1) is 5.10 Å². The standard InChI is InChI=1S/C14H26N4O2/c1-14(2,3)15-8-12-16-17-13(20-12)18-7-5-6-11(9-18)10-19-4/h11,15H,5-10H2,1-4H3. The number of nitrogens with one attached hydrogen (secondary N) is 1. The highest BCUT2D eigenvalue weighted by atomic mass is 16.5. The van der Waals surface area contributed by atoms with Crippen LogP contribution in [0.3, 0.4) is 0 Å². The summed E-state index contributed by atoms with van der Waals surface area (Å²) in [6, 6.07) is 0.636. The number of hydrogen-bond donors (Lipinski definition) is 1. The van der Waals surface area contributed by atoms with Crippen LogP contribution in [0.5, 0.6) is 0 Å². The second-order valence-electron chi connectivity index (χ2n) is 6.49. The lowest BCUT2D eigenvalue weighted by Gasteiger charge is -2.30. The number of piperidine rings is 1. The number of ether oxygens (including phenoxy) is 1. The van der Waals surface area contributed by atoms with E-state index in [9.17, 15) is 0 Å². The fourth-order valence-corrected chi connectivity index (χ4v) is 2.40. The third kappa shape index (κ3) is 4.45. The van der Waals surface area contributed by atoms with Gasteiger partial charge in [0.15, 0.2) is 0 Å². The molecule has 1 fully saturated rings. The van der Waals surface area contributed by atoms with Crippen molar-refractivity contribution in [3.63, 3.8) is 0 Å². The molecule has 0 aliphatic carbocycles. The molecule has 114 valence electrons. The van der Waals surface area contributed by atoms with Crippen LogP contribution >= 0.6 is 0 Å². The van der Waals surface area contributed by atoms with E-state index in [1.165, 1.54) is 6.42 Å². The van der Waals surface area contributed by atoms with Crippen molar-refractivity contribution >= 4 is 6.01 Å². The Hall–Kier alpha value is -1.14. The average molecular weight is 282 g/mol. The highest BCUT2D eigenvalue weighted by Gasteiger charge is 2.23. The second kappa shape index (κ2) is 6.54. The molecule has 0 amide bonds. The number of methoxy groups -OCH3 is 1. The molecular weight excluding hydrogens is 256 g/mol. The highest BCUT2D eigenvalue weighted by molar-refractivity contribution is 5.25. The van der Waals surface area contributed by atoms with Gasteiger partial charge >= 0.3 is 6.01 Å². The van der Waals surface area contributed by atoms with E-state index in [0.29, 0.717) is 24.4 Å². The molecule has 1 unspecified atom stereocenters. The molecule has 1 saturated heterocycles. The predicted molar refractivity (Wildman–Crippen MR) is 77.7 cm³/mol. The van der Waals surface area contributed by atoms with Crippen LogP contribution in [0.25, 0.3) is 0 Å². The molecule has 6 heteroatoms. The van der Waals surface area contributed by atoms with E-state index in [1.54, 1.807) is 7.11 Å². The lowest BCUT2D eigenvalue weighted by Crippen LogP contribution is -2.37. The second-order valence-corrected chi connectivity index (χ2v) is 6.49. The molecule has 1 aromatic heterocycles. The molecule has 1 aliphatic rings. The Balaban J connectivity index is 1.91. The van der Waals surface area contributed by atoms with Crippen LogP contribution in [0, 0.1) is 5.92 Å². The number of nitrogens with zero attached hydrogens (tertiary/aromatic N) is 3. The summed E-state index contributed by atoms with van der Waals surface area (Å²) in [5.41, 5.74) is 0.0450. The fraction of sp³-hybridized carbons (Fsp3) is 0.857. The first kappa shape index (κ1) is 15.3. The van der Waals surface area contributed by atoms with Crippen LogP contribution in [0.4, 0.5) is 6.01 Å². The van der Waals surface area contributed by atoms with Gasteiger partial charge in [-0.25, -0.2) is 0 Å². The number of anilines is 1. The molecule has 1 aromatic rings. The van der Waals surface area contributed by atoms with E-state index < -0.39 is 0 Å². The molecule has 0 aromatic carbocycles. The maximum Gasteiger partial charge on any atom is 0.318 e. The minimum absolute atomic E-state index is 0.0450. The SMILES string of the molecule is COCC1CCCN(c2nnc(CNC(C)(C)C)o2)C1. The van der Waals surface area contributed by atoms with Crippen molar-refractivity contribution in [1.82, 2.24) is 15.5 Å². The van der Waals surface area contributed by atoms with Gasteiger partial charge in [-0.05, 0) is 33.6 Å². The van der Waals surface area contributed by atoms with Crippen LogP contribution in [0.15, 0.2) is 4.42 Å². The highest BCUT2D eigenvalue weighted by Crippen LogP contribution is 2.22. The minimum Gasteiger partial charge on any atom is -0.407 e. The fourth-order valence-electron chi connectivity index (χ4n) is 2.40. The van der Waals surface area contributed by atoms with Gasteiger partial charge in [0.1, 0.15) is 0 Å². The van der Waals surface area contributed by atoms with Crippen LogP contribution < -0.4 is 10.2 Å². The van der Waals surface area contributed by atoms with Crippen molar-refractivity contribution in [2.75, 3.05) is 31.7 Å². The lowest BCUT2D eigenvalue weighted by atomic mass is 9.99. The zero-order chi connectivity index (χ0) is 14.6. The quantitative estimate of drug-likeness (QED) is 0.889. The van der Waals surface area contributed by atoms with Crippen molar-refractivity contribution in [3.05, 3.63) is 5.89 Å². The summed E-state index contributed by atoms with van der Waals surface area (Å²) < 4.78 is 11.0. The summed E-state index contributed by atoms with van der Waals surface area (Å²) >= 11 is 0. The van der Waals surface area contributed by atoms with Gasteiger partial charge in [0.2, 0.25) is 5.89 Å². The number of rotatable bonds is 5. The molecule has 0 spiro atoms. The monoisotopic (exact) mass is 282 g/mol. The average Bonchev–Trinajstić information content (AvgIpc) is 2.85. The van der Waals surface area contributed by atoms with Crippen LogP contribution in [0.2, 0.25) is 0 Å². The van der Waals surface area contributed by atoms with E-state index in [0.717, 1.165) is 26.1 Å². The molecule has 20 heavy (non-hydrogen) atoms. The van der Waals surface area contributed by atoms with E-state index in [-0.39, 0.29) is 5.54 Å². The largest absolute Gasteiger partial charge is 0.407 e. The molecular formula is C14H26N4O2. The summed E-state index contributed by atoms with van der Waals surface area (Å²) in [7, 11) is 1.75. The summed E-state index contributed by atoms with van der Waals surface area (Å²) in [4.78, 5) is 2.17. The summed E-state index contributed by atoms with van der Waals surface area (Å²) in [5, 5.41) is 11.6. The van der Waals surface area contributed by atoms with E-state index in [2.05, 4.69) is 41.2 Å². The van der Waals surface area contributed by atoms with Gasteiger partial charge in [0, 0.05) is 31.7 Å². The summed E-state index contributed by atoms with van der Waals surface area (Å²) in [6.45, 7) is 9.66. The molecule has 0 saturated carbocycles. The Kier molecular flexibility index (Phi) is 4.99. The summed E-state index contributed by atoms with van der Waals surface area (Å²) in [5.74, 6) is 1.19. The van der Waals surface area contributed by atoms with Gasteiger partial charge in [-0.3, -0.25) is 0 Å². The van der Waals surface area contributed by atoms with Crippen LogP contribution in [-0.4, -0.2) is 42.5 Å². The van der Waals surface area contributed by atoms with Gasteiger partial charge in [-0.1, -0.05) is 5.10 Å². The van der Waals surface area contributed by atoms with Crippen molar-refractivity contribution in [3.8, 4) is 0 Å². The van der Waals surface area contributed by atoms with E-state index >= 15 is 0 Å². The molecule has 2 rings (SSSR count). The smallest absolute Gasteiger partial charge is 0.318 e. The van der Waals surface area contributed by atoms with E-state index in [4.69, 9.17) is 9.15 Å². The first-order chi connectivity index (χ1) is 9.48. The van der Waals surface area contributed by atoms with Crippen molar-refractivity contribution in [2.45, 2.75) is 45.7 Å². The Morgan fingerprint density at radius 3 is 2.90 bits per heavy atom. The first-order valence-corrected chi connectivity index (χ1v) is 7.29. The maximum absolute atomic E-state index is 5.75. The minimum atomic E-state index is 0.0450. The van der Waals surface area contributed by atoms with E-state index in [1.807, 2.05) is 0 Å². The van der Waals surface area contributed by atoms with Crippen molar-refractivity contribution in [2.24, 2.45) is 5.92 Å². The number of hydrogen-bond acceptors (Lipinski definition) is 6. The van der Waals surface area contributed by atoms with Crippen molar-refractivity contribution < 1.29 is 9.15 Å². The third-order valence-electron chi connectivity index (χ3n) is 3.42. The molecule has 2 heterocycles. The van der Waals surface area contributed by atoms with Crippen molar-refractivity contribution in [1.29, 1.82) is 0 Å². The Bertz CT molecular complexity index is 412. The molecule has 6 nitrogen and oxygen atoms in total. The zero-order valence-corrected chi connectivity index (χ0v) is 13.0.